The second-order valence-electron chi connectivity index (χ2n) is 4.90. The van der Waals surface area contributed by atoms with E-state index in [2.05, 4.69) is 10.1 Å². The van der Waals surface area contributed by atoms with Crippen LogP contribution in [0.4, 0.5) is 8.78 Å². The molecular formula is C17H17F2NO3. The summed E-state index contributed by atoms with van der Waals surface area (Å²) < 4.78 is 33.7. The Morgan fingerprint density at radius 1 is 1.13 bits per heavy atom. The molecule has 0 aliphatic rings. The molecule has 0 saturated carbocycles. The third kappa shape index (κ3) is 5.94. The van der Waals surface area contributed by atoms with Gasteiger partial charge in [0.05, 0.1) is 0 Å². The lowest BCUT2D eigenvalue weighted by Crippen LogP contribution is -2.28. The highest BCUT2D eigenvalue weighted by atomic mass is 19.3. The fourth-order valence-electron chi connectivity index (χ4n) is 1.89. The molecule has 1 amide bonds. The number of alkyl halides is 2. The average Bonchev–Trinajstić information content (AvgIpc) is 2.52. The van der Waals surface area contributed by atoms with Gasteiger partial charge in [0, 0.05) is 6.54 Å². The number of halogens is 2. The van der Waals surface area contributed by atoms with Crippen molar-refractivity contribution in [1.82, 2.24) is 5.32 Å². The maximum atomic E-state index is 12.0. The molecule has 2 aromatic carbocycles. The number of carbonyl (C=O) groups is 1. The number of benzene rings is 2. The Hall–Kier alpha value is -2.63. The summed E-state index contributed by atoms with van der Waals surface area (Å²) in [5.41, 5.74) is 1.82. The second-order valence-corrected chi connectivity index (χ2v) is 4.90. The van der Waals surface area contributed by atoms with Gasteiger partial charge in [-0.3, -0.25) is 4.79 Å². The highest BCUT2D eigenvalue weighted by Crippen LogP contribution is 2.15. The van der Waals surface area contributed by atoms with Gasteiger partial charge in [-0.05, 0) is 42.3 Å². The predicted octanol–water partition coefficient (Wildman–Crippen LogP) is 3.29. The van der Waals surface area contributed by atoms with E-state index in [-0.39, 0.29) is 24.8 Å². The normalized spacial score (nSPS) is 10.4. The van der Waals surface area contributed by atoms with Crippen molar-refractivity contribution in [2.45, 2.75) is 20.1 Å². The third-order valence-electron chi connectivity index (χ3n) is 3.00. The molecule has 6 heteroatoms. The summed E-state index contributed by atoms with van der Waals surface area (Å²) in [6, 6.07) is 13.5. The van der Waals surface area contributed by atoms with Crippen LogP contribution in [-0.4, -0.2) is 19.1 Å². The molecule has 4 nitrogen and oxygen atoms in total. The number of amides is 1. The molecule has 0 aromatic heterocycles. The lowest BCUT2D eigenvalue weighted by Gasteiger charge is -2.09. The van der Waals surface area contributed by atoms with Gasteiger partial charge in [-0.15, -0.1) is 0 Å². The molecular weight excluding hydrogens is 304 g/mol. The molecule has 1 N–H and O–H groups in total. The number of ether oxygens (including phenoxy) is 2. The van der Waals surface area contributed by atoms with Crippen molar-refractivity contribution in [1.29, 1.82) is 0 Å². The van der Waals surface area contributed by atoms with Gasteiger partial charge in [-0.1, -0.05) is 24.3 Å². The molecule has 0 aliphatic heterocycles. The smallest absolute Gasteiger partial charge is 0.387 e. The van der Waals surface area contributed by atoms with E-state index in [1.54, 1.807) is 18.2 Å². The molecule has 0 atom stereocenters. The minimum Gasteiger partial charge on any atom is -0.484 e. The highest BCUT2D eigenvalue weighted by molar-refractivity contribution is 5.77. The zero-order valence-corrected chi connectivity index (χ0v) is 12.6. The summed E-state index contributed by atoms with van der Waals surface area (Å²) in [6.45, 7) is -0.714. The van der Waals surface area contributed by atoms with Crippen molar-refractivity contribution in [2.75, 3.05) is 6.61 Å². The van der Waals surface area contributed by atoms with E-state index in [0.717, 1.165) is 11.1 Å². The summed E-state index contributed by atoms with van der Waals surface area (Å²) in [5, 5.41) is 2.69. The van der Waals surface area contributed by atoms with E-state index in [0.29, 0.717) is 5.75 Å². The number of nitrogens with one attached hydrogen (secondary N) is 1. The van der Waals surface area contributed by atoms with Crippen LogP contribution in [0.25, 0.3) is 0 Å². The van der Waals surface area contributed by atoms with Crippen molar-refractivity contribution in [3.05, 3.63) is 59.7 Å². The van der Waals surface area contributed by atoms with Crippen LogP contribution in [0.15, 0.2) is 48.5 Å². The topological polar surface area (TPSA) is 47.6 Å². The maximum Gasteiger partial charge on any atom is 0.387 e. The minimum atomic E-state index is -2.85. The Bertz CT molecular complexity index is 645. The van der Waals surface area contributed by atoms with Gasteiger partial charge in [-0.2, -0.15) is 8.78 Å². The minimum absolute atomic E-state index is 0.0813. The van der Waals surface area contributed by atoms with E-state index < -0.39 is 6.61 Å². The predicted molar refractivity (Wildman–Crippen MR) is 81.6 cm³/mol. The van der Waals surface area contributed by atoms with Crippen LogP contribution < -0.4 is 14.8 Å². The number of aryl methyl sites for hydroxylation is 1. The molecule has 0 heterocycles. The maximum absolute atomic E-state index is 12.0. The zero-order chi connectivity index (χ0) is 16.7. The van der Waals surface area contributed by atoms with Crippen LogP contribution in [0.3, 0.4) is 0 Å². The van der Waals surface area contributed by atoms with Crippen molar-refractivity contribution in [2.24, 2.45) is 0 Å². The molecule has 0 radical (unpaired) electrons. The molecule has 0 aliphatic carbocycles. The fourth-order valence-corrected chi connectivity index (χ4v) is 1.89. The molecule has 122 valence electrons. The Balaban J connectivity index is 1.75. The van der Waals surface area contributed by atoms with Gasteiger partial charge in [0.15, 0.2) is 6.61 Å². The highest BCUT2D eigenvalue weighted by Gasteiger charge is 2.05. The summed E-state index contributed by atoms with van der Waals surface area (Å²) in [5.74, 6) is 0.450. The first-order valence-corrected chi connectivity index (χ1v) is 7.03. The fraction of sp³-hybridized carbons (Fsp3) is 0.235. The van der Waals surface area contributed by atoms with Gasteiger partial charge in [-0.25, -0.2) is 0 Å². The van der Waals surface area contributed by atoms with Gasteiger partial charge >= 0.3 is 6.61 Å². The largest absolute Gasteiger partial charge is 0.484 e. The average molecular weight is 321 g/mol. The molecule has 0 saturated heterocycles. The van der Waals surface area contributed by atoms with Crippen LogP contribution in [0.1, 0.15) is 11.1 Å². The first-order chi connectivity index (χ1) is 11.0. The summed E-state index contributed by atoms with van der Waals surface area (Å²) in [4.78, 5) is 11.7. The first kappa shape index (κ1) is 16.7. The third-order valence-corrected chi connectivity index (χ3v) is 3.00. The molecule has 0 bridgehead atoms. The van der Waals surface area contributed by atoms with Crippen molar-refractivity contribution >= 4 is 5.91 Å². The molecule has 2 rings (SSSR count). The SMILES string of the molecule is Cc1cccc(OCC(=O)NCc2ccc(OC(F)F)cc2)c1. The Morgan fingerprint density at radius 3 is 2.52 bits per heavy atom. The zero-order valence-electron chi connectivity index (χ0n) is 12.6. The van der Waals surface area contributed by atoms with Crippen molar-refractivity contribution < 1.29 is 23.0 Å². The van der Waals surface area contributed by atoms with Gasteiger partial charge in [0.25, 0.3) is 5.91 Å². The van der Waals surface area contributed by atoms with Crippen molar-refractivity contribution in [3.8, 4) is 11.5 Å². The van der Waals surface area contributed by atoms with Gasteiger partial charge < -0.3 is 14.8 Å². The Kier molecular flexibility index (Phi) is 5.91. The van der Waals surface area contributed by atoms with Crippen LogP contribution in [-0.2, 0) is 11.3 Å². The lowest BCUT2D eigenvalue weighted by atomic mass is 10.2. The number of carbonyl (C=O) groups excluding carboxylic acids is 1. The second kappa shape index (κ2) is 8.12. The van der Waals surface area contributed by atoms with Gasteiger partial charge in [0.2, 0.25) is 0 Å². The molecule has 0 unspecified atom stereocenters. The summed E-state index contributed by atoms with van der Waals surface area (Å²) >= 11 is 0. The van der Waals surface area contributed by atoms with E-state index in [4.69, 9.17) is 4.74 Å². The Morgan fingerprint density at radius 2 is 1.87 bits per heavy atom. The number of hydrogen-bond acceptors (Lipinski definition) is 3. The van der Waals surface area contributed by atoms with E-state index >= 15 is 0 Å². The molecule has 0 spiro atoms. The van der Waals surface area contributed by atoms with Crippen LogP contribution >= 0.6 is 0 Å². The first-order valence-electron chi connectivity index (χ1n) is 7.03. The molecule has 23 heavy (non-hydrogen) atoms. The van der Waals surface area contributed by atoms with E-state index in [1.807, 2.05) is 25.1 Å². The van der Waals surface area contributed by atoms with Crippen LogP contribution in [0, 0.1) is 6.92 Å². The standard InChI is InChI=1S/C17H17F2NO3/c1-12-3-2-4-15(9-12)22-11-16(21)20-10-13-5-7-14(8-6-13)23-17(18)19/h2-9,17H,10-11H2,1H3,(H,20,21). The van der Waals surface area contributed by atoms with Crippen LogP contribution in [0.5, 0.6) is 11.5 Å². The van der Waals surface area contributed by atoms with E-state index in [9.17, 15) is 13.6 Å². The van der Waals surface area contributed by atoms with Crippen molar-refractivity contribution in [3.63, 3.8) is 0 Å². The quantitative estimate of drug-likeness (QED) is 0.851. The lowest BCUT2D eigenvalue weighted by molar-refractivity contribution is -0.123. The molecule has 0 fully saturated rings. The van der Waals surface area contributed by atoms with Gasteiger partial charge in [0.1, 0.15) is 11.5 Å². The molecule has 2 aromatic rings. The summed E-state index contributed by atoms with van der Waals surface area (Å²) in [6.07, 6.45) is 0. The Labute approximate surface area is 133 Å². The number of rotatable bonds is 7. The summed E-state index contributed by atoms with van der Waals surface area (Å²) in [7, 11) is 0. The van der Waals surface area contributed by atoms with Crippen LogP contribution in [0.2, 0.25) is 0 Å². The van der Waals surface area contributed by atoms with E-state index in [1.165, 1.54) is 12.1 Å². The monoisotopic (exact) mass is 321 g/mol. The number of hydrogen-bond donors (Lipinski definition) is 1.